The van der Waals surface area contributed by atoms with Gasteiger partial charge in [-0.2, -0.15) is 0 Å². The maximum absolute atomic E-state index is 13.5. The van der Waals surface area contributed by atoms with Crippen molar-refractivity contribution in [2.45, 2.75) is 44.2 Å². The van der Waals surface area contributed by atoms with Gasteiger partial charge in [0, 0.05) is 49.1 Å². The van der Waals surface area contributed by atoms with E-state index in [1.165, 1.54) is 29.8 Å². The third-order valence-corrected chi connectivity index (χ3v) is 7.58. The first-order valence-corrected chi connectivity index (χ1v) is 12.6. The molecule has 36 heavy (non-hydrogen) atoms. The third-order valence-electron chi connectivity index (χ3n) is 7.22. The summed E-state index contributed by atoms with van der Waals surface area (Å²) in [6.07, 6.45) is 5.37. The van der Waals surface area contributed by atoms with E-state index in [1.54, 1.807) is 30.0 Å². The quantitative estimate of drug-likeness (QED) is 0.439. The Labute approximate surface area is 213 Å². The third kappa shape index (κ3) is 4.90. The Kier molecular flexibility index (Phi) is 6.86. The molecule has 1 aliphatic carbocycles. The number of benzene rings is 2. The molecule has 0 spiro atoms. The van der Waals surface area contributed by atoms with Gasteiger partial charge in [0.15, 0.2) is 0 Å². The normalized spacial score (nSPS) is 16.8. The van der Waals surface area contributed by atoms with Crippen LogP contribution in [-0.4, -0.2) is 40.7 Å². The molecular formula is C28H28ClFN2O4. The molecule has 2 fully saturated rings. The number of nitrogens with zero attached hydrogens (tertiary/aromatic N) is 2. The molecule has 0 radical (unpaired) electrons. The minimum Gasteiger partial charge on any atom is -0.495 e. The fourth-order valence-electron chi connectivity index (χ4n) is 5.19. The van der Waals surface area contributed by atoms with Crippen LogP contribution in [0, 0.1) is 5.82 Å². The first-order chi connectivity index (χ1) is 17.4. The number of pyridine rings is 1. The van der Waals surface area contributed by atoms with E-state index >= 15 is 0 Å². The van der Waals surface area contributed by atoms with E-state index < -0.39 is 5.97 Å². The van der Waals surface area contributed by atoms with Crippen molar-refractivity contribution in [3.8, 4) is 16.9 Å². The zero-order valence-corrected chi connectivity index (χ0v) is 20.8. The molecule has 6 nitrogen and oxygen atoms in total. The largest absolute Gasteiger partial charge is 0.495 e. The number of piperidine rings is 1. The van der Waals surface area contributed by atoms with Crippen molar-refractivity contribution >= 4 is 17.6 Å². The highest BCUT2D eigenvalue weighted by atomic mass is 35.5. The summed E-state index contributed by atoms with van der Waals surface area (Å²) in [5.74, 6) is -0.297. The van der Waals surface area contributed by atoms with Gasteiger partial charge < -0.3 is 14.4 Å². The Bertz CT molecular complexity index is 1340. The smallest absolute Gasteiger partial charge is 0.335 e. The number of carboxylic acid groups (broad SMARTS) is 1. The Morgan fingerprint density at radius 1 is 1.11 bits per heavy atom. The van der Waals surface area contributed by atoms with Crippen LogP contribution in [-0.2, 0) is 6.54 Å². The zero-order chi connectivity index (χ0) is 25.4. The van der Waals surface area contributed by atoms with Crippen molar-refractivity contribution < 1.29 is 19.0 Å². The molecule has 3 aromatic rings. The van der Waals surface area contributed by atoms with Crippen molar-refractivity contribution in [2.24, 2.45) is 0 Å². The Hall–Kier alpha value is -3.16. The highest BCUT2D eigenvalue weighted by Crippen LogP contribution is 2.50. The van der Waals surface area contributed by atoms with Crippen LogP contribution < -0.4 is 10.3 Å². The topological polar surface area (TPSA) is 71.8 Å². The number of halogens is 2. The molecule has 0 bridgehead atoms. The molecule has 1 saturated heterocycles. The van der Waals surface area contributed by atoms with Crippen molar-refractivity contribution in [2.75, 3.05) is 20.2 Å². The minimum absolute atomic E-state index is 0.00760. The van der Waals surface area contributed by atoms with E-state index in [2.05, 4.69) is 11.0 Å². The van der Waals surface area contributed by atoms with Crippen LogP contribution in [0.4, 0.5) is 4.39 Å². The van der Waals surface area contributed by atoms with Crippen molar-refractivity contribution in [3.63, 3.8) is 0 Å². The SMILES string of the molecule is COc1c(CN2CCC(n3ccc(C(=O)O)cc3=O)CC2)cc(C2CC2)c(-c2ccc(F)cc2)c1Cl. The molecule has 2 heterocycles. The Morgan fingerprint density at radius 2 is 1.81 bits per heavy atom. The number of hydrogen-bond acceptors (Lipinski definition) is 4. The van der Waals surface area contributed by atoms with Gasteiger partial charge >= 0.3 is 5.97 Å². The number of hydrogen-bond donors (Lipinski definition) is 1. The second kappa shape index (κ2) is 10.1. The number of likely N-dealkylation sites (tertiary alicyclic amines) is 1. The molecular weight excluding hydrogens is 483 g/mol. The molecule has 1 aromatic heterocycles. The van der Waals surface area contributed by atoms with Gasteiger partial charge in [-0.3, -0.25) is 9.69 Å². The fourth-order valence-corrected chi connectivity index (χ4v) is 5.61. The van der Waals surface area contributed by atoms with Crippen LogP contribution in [0.3, 0.4) is 0 Å². The molecule has 0 amide bonds. The lowest BCUT2D eigenvalue weighted by Crippen LogP contribution is -2.37. The summed E-state index contributed by atoms with van der Waals surface area (Å²) in [5, 5.41) is 9.67. The highest BCUT2D eigenvalue weighted by molar-refractivity contribution is 6.35. The van der Waals surface area contributed by atoms with Gasteiger partial charge in [0.2, 0.25) is 0 Å². The first-order valence-electron chi connectivity index (χ1n) is 12.2. The van der Waals surface area contributed by atoms with Gasteiger partial charge in [-0.1, -0.05) is 23.7 Å². The summed E-state index contributed by atoms with van der Waals surface area (Å²) in [4.78, 5) is 25.9. The average molecular weight is 511 g/mol. The van der Waals surface area contributed by atoms with Crippen LogP contribution in [0.2, 0.25) is 5.02 Å². The van der Waals surface area contributed by atoms with Crippen molar-refractivity contribution in [1.82, 2.24) is 9.47 Å². The van der Waals surface area contributed by atoms with Crippen LogP contribution >= 0.6 is 11.6 Å². The molecule has 0 atom stereocenters. The molecule has 1 saturated carbocycles. The molecule has 2 aromatic carbocycles. The van der Waals surface area contributed by atoms with Gasteiger partial charge in [-0.25, -0.2) is 9.18 Å². The number of aromatic carboxylic acids is 1. The molecule has 0 unspecified atom stereocenters. The van der Waals surface area contributed by atoms with Gasteiger partial charge in [0.1, 0.15) is 11.6 Å². The zero-order valence-electron chi connectivity index (χ0n) is 20.0. The maximum atomic E-state index is 13.5. The lowest BCUT2D eigenvalue weighted by atomic mass is 9.93. The van der Waals surface area contributed by atoms with Gasteiger partial charge in [-0.05, 0) is 67.0 Å². The second-order valence-electron chi connectivity index (χ2n) is 9.60. The number of ether oxygens (including phenoxy) is 1. The van der Waals surface area contributed by atoms with Crippen LogP contribution in [0.25, 0.3) is 11.1 Å². The summed E-state index contributed by atoms with van der Waals surface area (Å²) >= 11 is 6.92. The lowest BCUT2D eigenvalue weighted by Gasteiger charge is -2.33. The number of carboxylic acids is 1. The van der Waals surface area contributed by atoms with Gasteiger partial charge in [-0.15, -0.1) is 0 Å². The number of methoxy groups -OCH3 is 1. The van der Waals surface area contributed by atoms with Gasteiger partial charge in [0.05, 0.1) is 17.7 Å². The first kappa shape index (κ1) is 24.5. The van der Waals surface area contributed by atoms with Crippen LogP contribution in [0.5, 0.6) is 5.75 Å². The molecule has 2 aliphatic rings. The van der Waals surface area contributed by atoms with E-state index in [0.717, 1.165) is 55.5 Å². The summed E-state index contributed by atoms with van der Waals surface area (Å²) in [6, 6.07) is 11.3. The van der Waals surface area contributed by atoms with Crippen LogP contribution in [0.15, 0.2) is 53.5 Å². The predicted octanol–water partition coefficient (Wildman–Crippen LogP) is 5.73. The van der Waals surface area contributed by atoms with E-state index in [1.807, 2.05) is 0 Å². The van der Waals surface area contributed by atoms with Gasteiger partial charge in [0.25, 0.3) is 5.56 Å². The molecule has 1 aliphatic heterocycles. The second-order valence-corrected chi connectivity index (χ2v) is 9.98. The minimum atomic E-state index is -1.10. The van der Waals surface area contributed by atoms with E-state index in [-0.39, 0.29) is 23.0 Å². The fraction of sp³-hybridized carbons (Fsp3) is 0.357. The summed E-state index contributed by atoms with van der Waals surface area (Å²) in [7, 11) is 1.62. The molecule has 188 valence electrons. The number of rotatable bonds is 7. The molecule has 8 heteroatoms. The summed E-state index contributed by atoms with van der Waals surface area (Å²) in [6.45, 7) is 2.25. The maximum Gasteiger partial charge on any atom is 0.335 e. The van der Waals surface area contributed by atoms with E-state index in [0.29, 0.717) is 23.2 Å². The highest BCUT2D eigenvalue weighted by Gasteiger charge is 2.31. The Morgan fingerprint density at radius 3 is 2.39 bits per heavy atom. The standard InChI is InChI=1S/C28H28ClFN2O4/c1-36-27-20(14-23(17-2-3-17)25(26(27)29)18-4-6-21(30)7-5-18)16-31-11-9-22(10-12-31)32-13-8-19(28(34)35)15-24(32)33/h4-8,13-15,17,22H,2-3,9-12,16H2,1H3,(H,34,35). The lowest BCUT2D eigenvalue weighted by molar-refractivity contribution is 0.0696. The average Bonchev–Trinajstić information content (AvgIpc) is 3.71. The van der Waals surface area contributed by atoms with Crippen molar-refractivity contribution in [3.05, 3.63) is 86.5 Å². The Balaban J connectivity index is 1.36. The monoisotopic (exact) mass is 510 g/mol. The number of aromatic nitrogens is 1. The summed E-state index contributed by atoms with van der Waals surface area (Å²) in [5.41, 5.74) is 3.73. The molecule has 1 N–H and O–H groups in total. The predicted molar refractivity (Wildman–Crippen MR) is 137 cm³/mol. The molecule has 5 rings (SSSR count). The summed E-state index contributed by atoms with van der Waals surface area (Å²) < 4.78 is 21.0. The van der Waals surface area contributed by atoms with E-state index in [9.17, 15) is 14.0 Å². The number of carbonyl (C=O) groups is 1. The van der Waals surface area contributed by atoms with E-state index in [4.69, 9.17) is 21.4 Å². The van der Waals surface area contributed by atoms with Crippen molar-refractivity contribution in [1.29, 1.82) is 0 Å². The van der Waals surface area contributed by atoms with Crippen LogP contribution in [0.1, 0.15) is 59.1 Å².